The minimum atomic E-state index is -0.503. The van der Waals surface area contributed by atoms with Gasteiger partial charge in [-0.15, -0.1) is 0 Å². The second-order valence-corrected chi connectivity index (χ2v) is 4.85. The lowest BCUT2D eigenvalue weighted by Crippen LogP contribution is -2.26. The first-order chi connectivity index (χ1) is 7.85. The topological polar surface area (TPSA) is 48.5 Å². The van der Waals surface area contributed by atoms with Crippen LogP contribution in [0, 0.1) is 11.3 Å². The lowest BCUT2D eigenvalue weighted by atomic mass is 9.84. The number of nitrogens with zero attached hydrogens (tertiary/aromatic N) is 3. The normalized spacial score (nSPS) is 25.1. The summed E-state index contributed by atoms with van der Waals surface area (Å²) in [5, 5.41) is 17.9. The zero-order valence-electron chi connectivity index (χ0n) is 9.78. The van der Waals surface area contributed by atoms with Gasteiger partial charge < -0.3 is 0 Å². The highest BCUT2D eigenvalue weighted by Gasteiger charge is 2.32. The van der Waals surface area contributed by atoms with Crippen molar-refractivity contribution in [3.8, 4) is 6.07 Å². The van der Waals surface area contributed by atoms with E-state index in [0.29, 0.717) is 0 Å². The molecule has 2 aliphatic rings. The van der Waals surface area contributed by atoms with Crippen molar-refractivity contribution >= 4 is 0 Å². The van der Waals surface area contributed by atoms with Gasteiger partial charge in [-0.25, -0.2) is 0 Å². The van der Waals surface area contributed by atoms with Crippen LogP contribution in [0.25, 0.3) is 0 Å². The maximum absolute atomic E-state index is 9.25. The molecule has 0 saturated heterocycles. The molecular formula is C13H19N3. The molecule has 1 fully saturated rings. The molecule has 0 amide bonds. The van der Waals surface area contributed by atoms with Gasteiger partial charge in [0.25, 0.3) is 0 Å². The van der Waals surface area contributed by atoms with Gasteiger partial charge in [-0.1, -0.05) is 12.5 Å². The third-order valence-electron chi connectivity index (χ3n) is 3.53. The van der Waals surface area contributed by atoms with Crippen molar-refractivity contribution in [1.29, 1.82) is 5.26 Å². The zero-order valence-corrected chi connectivity index (χ0v) is 9.78. The highest BCUT2D eigenvalue weighted by molar-refractivity contribution is 5.10. The number of hydrogen-bond donors (Lipinski definition) is 0. The van der Waals surface area contributed by atoms with Gasteiger partial charge in [-0.3, -0.25) is 0 Å². The van der Waals surface area contributed by atoms with Crippen molar-refractivity contribution in [2.75, 3.05) is 0 Å². The summed E-state index contributed by atoms with van der Waals surface area (Å²) >= 11 is 0. The maximum Gasteiger partial charge on any atom is 0.167 e. The minimum absolute atomic E-state index is 0.503. The summed E-state index contributed by atoms with van der Waals surface area (Å²) in [7, 11) is 0. The van der Waals surface area contributed by atoms with Crippen molar-refractivity contribution in [3.05, 3.63) is 11.8 Å². The van der Waals surface area contributed by atoms with E-state index in [-0.39, 0.29) is 0 Å². The number of allylic oxidation sites excluding steroid dienone is 2. The maximum atomic E-state index is 9.25. The van der Waals surface area contributed by atoms with Crippen molar-refractivity contribution in [3.63, 3.8) is 0 Å². The fraction of sp³-hybridized carbons (Fsp3) is 0.769. The molecule has 0 spiro atoms. The predicted molar refractivity (Wildman–Crippen MR) is 62.8 cm³/mol. The van der Waals surface area contributed by atoms with Crippen LogP contribution in [0.15, 0.2) is 22.0 Å². The molecule has 2 rings (SSSR count). The van der Waals surface area contributed by atoms with Crippen LogP contribution in [0.1, 0.15) is 57.8 Å². The van der Waals surface area contributed by atoms with E-state index in [2.05, 4.69) is 22.4 Å². The molecule has 0 N–H and O–H groups in total. The largest absolute Gasteiger partial charge is 0.196 e. The first-order valence-electron chi connectivity index (χ1n) is 6.38. The van der Waals surface area contributed by atoms with Crippen LogP contribution in [0.5, 0.6) is 0 Å². The summed E-state index contributed by atoms with van der Waals surface area (Å²) in [5.74, 6) is 0. The molecule has 0 radical (unpaired) electrons. The summed E-state index contributed by atoms with van der Waals surface area (Å²) in [4.78, 5) is 0. The van der Waals surface area contributed by atoms with Crippen molar-refractivity contribution in [1.82, 2.24) is 0 Å². The molecule has 2 aliphatic carbocycles. The molecule has 0 heterocycles. The highest BCUT2D eigenvalue weighted by atomic mass is 15.2. The Hall–Kier alpha value is -1.17. The monoisotopic (exact) mass is 217 g/mol. The SMILES string of the molecule is N#CC1(N=NC2=CCCCC2)CCCCC1. The molecule has 3 nitrogen and oxygen atoms in total. The van der Waals surface area contributed by atoms with Crippen LogP contribution in [0.2, 0.25) is 0 Å². The van der Waals surface area contributed by atoms with Gasteiger partial charge in [0, 0.05) is 0 Å². The molecule has 16 heavy (non-hydrogen) atoms. The summed E-state index contributed by atoms with van der Waals surface area (Å²) in [5.41, 5.74) is 0.586. The molecule has 0 aromatic rings. The lowest BCUT2D eigenvalue weighted by Gasteiger charge is -2.25. The standard InChI is InChI=1S/C13H19N3/c14-11-13(9-5-2-6-10-13)16-15-12-7-3-1-4-8-12/h7H,1-6,8-10H2. The third-order valence-corrected chi connectivity index (χ3v) is 3.53. The van der Waals surface area contributed by atoms with Crippen LogP contribution in [0.4, 0.5) is 0 Å². The Morgan fingerprint density at radius 3 is 2.56 bits per heavy atom. The quantitative estimate of drug-likeness (QED) is 0.642. The smallest absolute Gasteiger partial charge is 0.167 e. The van der Waals surface area contributed by atoms with Gasteiger partial charge in [0.05, 0.1) is 11.8 Å². The molecule has 0 unspecified atom stereocenters. The Balaban J connectivity index is 2.03. The molecule has 86 valence electrons. The van der Waals surface area contributed by atoms with E-state index in [1.165, 1.54) is 19.3 Å². The second-order valence-electron chi connectivity index (χ2n) is 4.85. The molecule has 3 heteroatoms. The van der Waals surface area contributed by atoms with Crippen LogP contribution >= 0.6 is 0 Å². The van der Waals surface area contributed by atoms with E-state index >= 15 is 0 Å². The van der Waals surface area contributed by atoms with Crippen LogP contribution in [0.3, 0.4) is 0 Å². The molecule has 0 bridgehead atoms. The van der Waals surface area contributed by atoms with E-state index in [0.717, 1.165) is 44.2 Å². The van der Waals surface area contributed by atoms with Crippen molar-refractivity contribution < 1.29 is 0 Å². The van der Waals surface area contributed by atoms with Crippen LogP contribution in [-0.2, 0) is 0 Å². The zero-order chi connectivity index (χ0) is 11.3. The Morgan fingerprint density at radius 1 is 1.12 bits per heavy atom. The fourth-order valence-corrected chi connectivity index (χ4v) is 2.44. The molecule has 0 aromatic heterocycles. The van der Waals surface area contributed by atoms with E-state index in [1.54, 1.807) is 0 Å². The van der Waals surface area contributed by atoms with Gasteiger partial charge in [-0.05, 0) is 51.4 Å². The van der Waals surface area contributed by atoms with Crippen LogP contribution < -0.4 is 0 Å². The van der Waals surface area contributed by atoms with E-state index in [4.69, 9.17) is 0 Å². The number of hydrogen-bond acceptors (Lipinski definition) is 3. The Labute approximate surface area is 97.3 Å². The fourth-order valence-electron chi connectivity index (χ4n) is 2.44. The molecule has 0 aliphatic heterocycles. The Kier molecular flexibility index (Phi) is 3.71. The van der Waals surface area contributed by atoms with E-state index < -0.39 is 5.54 Å². The average molecular weight is 217 g/mol. The minimum Gasteiger partial charge on any atom is -0.196 e. The summed E-state index contributed by atoms with van der Waals surface area (Å²) < 4.78 is 0. The second kappa shape index (κ2) is 5.25. The van der Waals surface area contributed by atoms with Crippen molar-refractivity contribution in [2.24, 2.45) is 10.2 Å². The Bertz CT molecular complexity index is 330. The van der Waals surface area contributed by atoms with Gasteiger partial charge in [0.1, 0.15) is 0 Å². The van der Waals surface area contributed by atoms with Crippen molar-refractivity contribution in [2.45, 2.75) is 63.3 Å². The first-order valence-corrected chi connectivity index (χ1v) is 6.38. The molecule has 0 atom stereocenters. The number of nitriles is 1. The average Bonchev–Trinajstić information content (AvgIpc) is 2.39. The van der Waals surface area contributed by atoms with E-state index in [1.807, 2.05) is 0 Å². The van der Waals surface area contributed by atoms with Gasteiger partial charge in [-0.2, -0.15) is 15.5 Å². The van der Waals surface area contributed by atoms with Gasteiger partial charge in [0.15, 0.2) is 5.54 Å². The lowest BCUT2D eigenvalue weighted by molar-refractivity contribution is 0.356. The van der Waals surface area contributed by atoms with Crippen LogP contribution in [-0.4, -0.2) is 5.54 Å². The first kappa shape index (κ1) is 11.3. The van der Waals surface area contributed by atoms with E-state index in [9.17, 15) is 5.26 Å². The third kappa shape index (κ3) is 2.69. The number of rotatable bonds is 2. The highest BCUT2D eigenvalue weighted by Crippen LogP contribution is 2.32. The predicted octanol–water partition coefficient (Wildman–Crippen LogP) is 4.12. The van der Waals surface area contributed by atoms with Gasteiger partial charge >= 0.3 is 0 Å². The number of azo groups is 1. The Morgan fingerprint density at radius 2 is 1.94 bits per heavy atom. The summed E-state index contributed by atoms with van der Waals surface area (Å²) in [6.45, 7) is 0. The molecule has 0 aromatic carbocycles. The molecule has 1 saturated carbocycles. The summed E-state index contributed by atoms with van der Waals surface area (Å²) in [6, 6.07) is 2.37. The summed E-state index contributed by atoms with van der Waals surface area (Å²) in [6.07, 6.45) is 12.0. The molecular weight excluding hydrogens is 198 g/mol. The van der Waals surface area contributed by atoms with Gasteiger partial charge in [0.2, 0.25) is 0 Å².